The molecule has 1 unspecified atom stereocenters. The van der Waals surface area contributed by atoms with E-state index in [1.54, 1.807) is 30.3 Å². The molecule has 0 aliphatic carbocycles. The molecule has 1 atom stereocenters. The van der Waals surface area contributed by atoms with Gasteiger partial charge in [-0.1, -0.05) is 0 Å². The van der Waals surface area contributed by atoms with Gasteiger partial charge in [0.15, 0.2) is 15.5 Å². The number of hydrogen-bond donors (Lipinski definition) is 2. The highest BCUT2D eigenvalue weighted by atomic mass is 32.2. The van der Waals surface area contributed by atoms with E-state index in [1.807, 2.05) is 6.07 Å². The van der Waals surface area contributed by atoms with Crippen LogP contribution in [0, 0.1) is 11.3 Å². The van der Waals surface area contributed by atoms with Crippen LogP contribution in [0.4, 0.5) is 11.5 Å². The van der Waals surface area contributed by atoms with Gasteiger partial charge >= 0.3 is 0 Å². The van der Waals surface area contributed by atoms with Crippen LogP contribution in [0.5, 0.6) is 0 Å². The van der Waals surface area contributed by atoms with E-state index in [0.29, 0.717) is 23.5 Å². The molecule has 1 fully saturated rings. The van der Waals surface area contributed by atoms with Crippen LogP contribution in [0.1, 0.15) is 22.5 Å². The lowest BCUT2D eigenvalue weighted by molar-refractivity contribution is 0.102. The van der Waals surface area contributed by atoms with Crippen molar-refractivity contribution in [3.63, 3.8) is 0 Å². The maximum atomic E-state index is 12.1. The summed E-state index contributed by atoms with van der Waals surface area (Å²) in [5.41, 5.74) is 1.18. The van der Waals surface area contributed by atoms with Gasteiger partial charge in [-0.2, -0.15) is 5.26 Å². The average Bonchev–Trinajstić information content (AvgIpc) is 2.94. The highest BCUT2D eigenvalue weighted by Crippen LogP contribution is 2.16. The molecule has 1 saturated heterocycles. The number of carbonyl (C=O) groups excluding carboxylic acids is 1. The maximum absolute atomic E-state index is 12.1. The fourth-order valence-electron chi connectivity index (χ4n) is 2.47. The third-order valence-electron chi connectivity index (χ3n) is 3.75. The van der Waals surface area contributed by atoms with Gasteiger partial charge in [-0.05, 0) is 42.8 Å². The summed E-state index contributed by atoms with van der Waals surface area (Å²) in [6.45, 7) is 0. The number of sulfone groups is 1. The first-order valence-electron chi connectivity index (χ1n) is 7.57. The second-order valence-electron chi connectivity index (χ2n) is 5.69. The number of hydrogen-bond acceptors (Lipinski definition) is 7. The molecule has 128 valence electrons. The lowest BCUT2D eigenvalue weighted by Gasteiger charge is -2.11. The van der Waals surface area contributed by atoms with Gasteiger partial charge in [-0.15, -0.1) is 10.2 Å². The van der Waals surface area contributed by atoms with Crippen molar-refractivity contribution in [3.05, 3.63) is 47.7 Å². The van der Waals surface area contributed by atoms with Crippen LogP contribution in [-0.4, -0.2) is 42.1 Å². The van der Waals surface area contributed by atoms with Gasteiger partial charge in [-0.25, -0.2) is 8.42 Å². The summed E-state index contributed by atoms with van der Waals surface area (Å²) in [5, 5.41) is 22.2. The second kappa shape index (κ2) is 6.86. The second-order valence-corrected chi connectivity index (χ2v) is 7.92. The summed E-state index contributed by atoms with van der Waals surface area (Å²) < 4.78 is 22.9. The minimum atomic E-state index is -2.97. The molecule has 8 nitrogen and oxygen atoms in total. The Balaban J connectivity index is 1.61. The topological polar surface area (TPSA) is 125 Å². The SMILES string of the molecule is N#Cc1ccc(NC(=O)c2ccc(NC3CCS(=O)(=O)C3)nn2)cc1. The first-order valence-corrected chi connectivity index (χ1v) is 9.39. The van der Waals surface area contributed by atoms with Crippen LogP contribution in [0.2, 0.25) is 0 Å². The fourth-order valence-corrected chi connectivity index (χ4v) is 4.14. The van der Waals surface area contributed by atoms with Gasteiger partial charge in [0.1, 0.15) is 5.82 Å². The summed E-state index contributed by atoms with van der Waals surface area (Å²) in [7, 11) is -2.97. The largest absolute Gasteiger partial charge is 0.365 e. The molecule has 2 aromatic rings. The van der Waals surface area contributed by atoms with E-state index in [1.165, 1.54) is 6.07 Å². The van der Waals surface area contributed by atoms with Crippen molar-refractivity contribution in [2.24, 2.45) is 0 Å². The molecule has 0 saturated carbocycles. The molecule has 25 heavy (non-hydrogen) atoms. The van der Waals surface area contributed by atoms with E-state index in [0.717, 1.165) is 0 Å². The molecule has 9 heteroatoms. The molecule has 2 heterocycles. The molecule has 1 amide bonds. The lowest BCUT2D eigenvalue weighted by Crippen LogP contribution is -2.22. The van der Waals surface area contributed by atoms with Crippen LogP contribution in [0.3, 0.4) is 0 Å². The van der Waals surface area contributed by atoms with Gasteiger partial charge in [0.2, 0.25) is 0 Å². The molecule has 3 rings (SSSR count). The quantitative estimate of drug-likeness (QED) is 0.842. The Labute approximate surface area is 144 Å². The van der Waals surface area contributed by atoms with Crippen LogP contribution < -0.4 is 10.6 Å². The third kappa shape index (κ3) is 4.30. The number of nitriles is 1. The molecular weight excluding hydrogens is 342 g/mol. The van der Waals surface area contributed by atoms with Crippen molar-refractivity contribution in [2.75, 3.05) is 22.1 Å². The Morgan fingerprint density at radius 2 is 1.92 bits per heavy atom. The Bertz CT molecular complexity index is 918. The van der Waals surface area contributed by atoms with Gasteiger partial charge in [-0.3, -0.25) is 4.79 Å². The maximum Gasteiger partial charge on any atom is 0.276 e. The molecule has 1 aromatic carbocycles. The first kappa shape index (κ1) is 16.9. The highest BCUT2D eigenvalue weighted by Gasteiger charge is 2.28. The Kier molecular flexibility index (Phi) is 4.63. The number of anilines is 2. The molecule has 0 bridgehead atoms. The zero-order chi connectivity index (χ0) is 17.9. The van der Waals surface area contributed by atoms with Gasteiger partial charge < -0.3 is 10.6 Å². The summed E-state index contributed by atoms with van der Waals surface area (Å²) >= 11 is 0. The van der Waals surface area contributed by atoms with E-state index < -0.39 is 15.7 Å². The van der Waals surface area contributed by atoms with Crippen LogP contribution in [-0.2, 0) is 9.84 Å². The van der Waals surface area contributed by atoms with Crippen LogP contribution in [0.25, 0.3) is 0 Å². The Morgan fingerprint density at radius 1 is 1.16 bits per heavy atom. The number of rotatable bonds is 4. The Morgan fingerprint density at radius 3 is 2.48 bits per heavy atom. The van der Waals surface area contributed by atoms with Crippen molar-refractivity contribution in [2.45, 2.75) is 12.5 Å². The molecule has 1 aliphatic rings. The summed E-state index contributed by atoms with van der Waals surface area (Å²) in [5.74, 6) is 0.253. The van der Waals surface area contributed by atoms with E-state index in [4.69, 9.17) is 5.26 Å². The third-order valence-corrected chi connectivity index (χ3v) is 5.52. The monoisotopic (exact) mass is 357 g/mol. The van der Waals surface area contributed by atoms with Crippen molar-refractivity contribution in [1.29, 1.82) is 5.26 Å². The van der Waals surface area contributed by atoms with E-state index in [-0.39, 0.29) is 23.2 Å². The zero-order valence-corrected chi connectivity index (χ0v) is 14.0. The minimum absolute atomic E-state index is 0.0790. The van der Waals surface area contributed by atoms with Crippen molar-refractivity contribution < 1.29 is 13.2 Å². The van der Waals surface area contributed by atoms with Crippen molar-refractivity contribution in [3.8, 4) is 6.07 Å². The number of nitrogens with zero attached hydrogens (tertiary/aromatic N) is 3. The predicted octanol–water partition coefficient (Wildman–Crippen LogP) is 1.20. The predicted molar refractivity (Wildman–Crippen MR) is 91.8 cm³/mol. The van der Waals surface area contributed by atoms with Gasteiger partial charge in [0.05, 0.1) is 23.1 Å². The fraction of sp³-hybridized carbons (Fsp3) is 0.250. The number of amides is 1. The van der Waals surface area contributed by atoms with Crippen LogP contribution >= 0.6 is 0 Å². The van der Waals surface area contributed by atoms with E-state index in [2.05, 4.69) is 20.8 Å². The number of carbonyl (C=O) groups is 1. The van der Waals surface area contributed by atoms with Crippen molar-refractivity contribution in [1.82, 2.24) is 10.2 Å². The van der Waals surface area contributed by atoms with E-state index >= 15 is 0 Å². The summed E-state index contributed by atoms with van der Waals surface area (Å²) in [4.78, 5) is 12.1. The molecule has 1 aliphatic heterocycles. The normalized spacial score (nSPS) is 18.3. The standard InChI is InChI=1S/C16H15N5O3S/c17-9-11-1-3-12(4-2-11)19-16(22)14-5-6-15(21-20-14)18-13-7-8-25(23,24)10-13/h1-6,13H,7-8,10H2,(H,18,21)(H,19,22). The molecule has 0 spiro atoms. The van der Waals surface area contributed by atoms with Crippen molar-refractivity contribution >= 4 is 27.2 Å². The first-order chi connectivity index (χ1) is 11.9. The van der Waals surface area contributed by atoms with Gasteiger partial charge in [0.25, 0.3) is 5.91 Å². The number of benzene rings is 1. The molecule has 1 aromatic heterocycles. The van der Waals surface area contributed by atoms with E-state index in [9.17, 15) is 13.2 Å². The van der Waals surface area contributed by atoms with Crippen LogP contribution in [0.15, 0.2) is 36.4 Å². The lowest BCUT2D eigenvalue weighted by atomic mass is 10.2. The smallest absolute Gasteiger partial charge is 0.276 e. The molecular formula is C16H15N5O3S. The zero-order valence-electron chi connectivity index (χ0n) is 13.1. The summed E-state index contributed by atoms with van der Waals surface area (Å²) in [6, 6.07) is 11.4. The van der Waals surface area contributed by atoms with Gasteiger partial charge in [0, 0.05) is 11.7 Å². The summed E-state index contributed by atoms with van der Waals surface area (Å²) in [6.07, 6.45) is 0.533. The minimum Gasteiger partial charge on any atom is -0.365 e. The molecule has 0 radical (unpaired) electrons. The Hall–Kier alpha value is -2.99. The highest BCUT2D eigenvalue weighted by molar-refractivity contribution is 7.91. The number of aromatic nitrogens is 2. The number of nitrogens with one attached hydrogen (secondary N) is 2. The average molecular weight is 357 g/mol. The molecule has 2 N–H and O–H groups in total.